The van der Waals surface area contributed by atoms with E-state index in [0.717, 1.165) is 20.1 Å². The number of anilines is 3. The fourth-order valence-electron chi connectivity index (χ4n) is 3.99. The van der Waals surface area contributed by atoms with E-state index in [1.54, 1.807) is 0 Å². The SMILES string of the molecule is CN(C)C(c1ccccc1)C(Nc1c(Nc2c(Br)cccc2Br)c(=O)c1=O)c1ccccc1. The number of para-hydroxylation sites is 1. The second-order valence-corrected chi connectivity index (χ2v) is 9.69. The number of likely N-dealkylation sites (N-methyl/N-ethyl adjacent to an activating group) is 1. The molecule has 2 atom stereocenters. The predicted octanol–water partition coefficient (Wildman–Crippen LogP) is 6.01. The maximum absolute atomic E-state index is 12.7. The van der Waals surface area contributed by atoms with Crippen LogP contribution in [0.3, 0.4) is 0 Å². The highest BCUT2D eigenvalue weighted by Crippen LogP contribution is 2.38. The molecule has 0 heterocycles. The summed E-state index contributed by atoms with van der Waals surface area (Å²) < 4.78 is 1.57. The molecule has 0 saturated heterocycles. The summed E-state index contributed by atoms with van der Waals surface area (Å²) in [6, 6.07) is 25.4. The summed E-state index contributed by atoms with van der Waals surface area (Å²) >= 11 is 7.01. The molecule has 0 aliphatic carbocycles. The number of hydrogen-bond acceptors (Lipinski definition) is 5. The minimum atomic E-state index is -0.534. The van der Waals surface area contributed by atoms with Gasteiger partial charge in [-0.25, -0.2) is 0 Å². The number of rotatable bonds is 8. The molecule has 0 spiro atoms. The van der Waals surface area contributed by atoms with Gasteiger partial charge in [-0.2, -0.15) is 0 Å². The summed E-state index contributed by atoms with van der Waals surface area (Å²) in [6.45, 7) is 0. The van der Waals surface area contributed by atoms with Crippen LogP contribution in [0.25, 0.3) is 0 Å². The minimum Gasteiger partial charge on any atom is -0.371 e. The first kappa shape index (κ1) is 23.4. The van der Waals surface area contributed by atoms with Gasteiger partial charge < -0.3 is 15.5 Å². The molecule has 4 aromatic rings. The fraction of sp³-hybridized carbons (Fsp3) is 0.154. The van der Waals surface area contributed by atoms with Gasteiger partial charge in [0.2, 0.25) is 0 Å². The molecule has 0 bridgehead atoms. The van der Waals surface area contributed by atoms with E-state index in [4.69, 9.17) is 0 Å². The molecular formula is C26H23Br2N3O2. The molecule has 2 N–H and O–H groups in total. The molecule has 168 valence electrons. The molecule has 5 nitrogen and oxygen atoms in total. The van der Waals surface area contributed by atoms with Crippen molar-refractivity contribution in [3.63, 3.8) is 0 Å². The van der Waals surface area contributed by atoms with E-state index >= 15 is 0 Å². The Balaban J connectivity index is 1.76. The molecule has 2 unspecified atom stereocenters. The quantitative estimate of drug-likeness (QED) is 0.255. The van der Waals surface area contributed by atoms with Crippen molar-refractivity contribution >= 4 is 48.9 Å². The van der Waals surface area contributed by atoms with E-state index in [-0.39, 0.29) is 17.8 Å². The molecule has 0 aliphatic rings. The van der Waals surface area contributed by atoms with E-state index in [1.165, 1.54) is 0 Å². The highest BCUT2D eigenvalue weighted by Gasteiger charge is 2.31. The van der Waals surface area contributed by atoms with Crippen molar-refractivity contribution in [3.8, 4) is 0 Å². The average Bonchev–Trinajstić information content (AvgIpc) is 2.82. The molecule has 0 aromatic heterocycles. The van der Waals surface area contributed by atoms with Crippen molar-refractivity contribution in [2.75, 3.05) is 24.7 Å². The van der Waals surface area contributed by atoms with E-state index < -0.39 is 10.9 Å². The lowest BCUT2D eigenvalue weighted by Crippen LogP contribution is -2.40. The molecule has 0 fully saturated rings. The van der Waals surface area contributed by atoms with Gasteiger partial charge in [0.25, 0.3) is 10.9 Å². The van der Waals surface area contributed by atoms with E-state index in [9.17, 15) is 9.59 Å². The van der Waals surface area contributed by atoms with E-state index in [2.05, 4.69) is 59.5 Å². The van der Waals surface area contributed by atoms with Crippen molar-refractivity contribution in [3.05, 3.63) is 119 Å². The van der Waals surface area contributed by atoms with Crippen molar-refractivity contribution in [1.29, 1.82) is 0 Å². The number of hydrogen-bond donors (Lipinski definition) is 2. The zero-order valence-corrected chi connectivity index (χ0v) is 21.4. The second-order valence-electron chi connectivity index (χ2n) is 7.98. The normalized spacial score (nSPS) is 13.1. The van der Waals surface area contributed by atoms with Gasteiger partial charge in [0.05, 0.1) is 17.8 Å². The van der Waals surface area contributed by atoms with Crippen LogP contribution in [0, 0.1) is 0 Å². The maximum atomic E-state index is 12.7. The Morgan fingerprint density at radius 1 is 0.667 bits per heavy atom. The van der Waals surface area contributed by atoms with Crippen molar-refractivity contribution in [1.82, 2.24) is 4.90 Å². The Morgan fingerprint density at radius 3 is 1.73 bits per heavy atom. The van der Waals surface area contributed by atoms with E-state index in [1.807, 2.05) is 80.8 Å². The Morgan fingerprint density at radius 2 is 1.18 bits per heavy atom. The van der Waals surface area contributed by atoms with Gasteiger partial charge in [-0.3, -0.25) is 9.59 Å². The third kappa shape index (κ3) is 4.81. The Kier molecular flexibility index (Phi) is 7.12. The number of halogens is 2. The first-order chi connectivity index (χ1) is 15.9. The molecule has 4 rings (SSSR count). The highest BCUT2D eigenvalue weighted by molar-refractivity contribution is 9.11. The van der Waals surface area contributed by atoms with Gasteiger partial charge in [-0.15, -0.1) is 0 Å². The summed E-state index contributed by atoms with van der Waals surface area (Å²) in [4.78, 5) is 27.3. The monoisotopic (exact) mass is 567 g/mol. The first-order valence-electron chi connectivity index (χ1n) is 10.5. The van der Waals surface area contributed by atoms with Crippen LogP contribution in [0.5, 0.6) is 0 Å². The van der Waals surface area contributed by atoms with Gasteiger partial charge in [-0.1, -0.05) is 66.7 Å². The summed E-state index contributed by atoms with van der Waals surface area (Å²) in [5, 5.41) is 6.56. The van der Waals surface area contributed by atoms with Crippen LogP contribution in [0.15, 0.2) is 97.4 Å². The maximum Gasteiger partial charge on any atom is 0.253 e. The van der Waals surface area contributed by atoms with Crippen molar-refractivity contribution < 1.29 is 0 Å². The highest BCUT2D eigenvalue weighted by atomic mass is 79.9. The van der Waals surface area contributed by atoms with Gasteiger partial charge in [0.15, 0.2) is 0 Å². The summed E-state index contributed by atoms with van der Waals surface area (Å²) in [5.74, 6) is 0. The lowest BCUT2D eigenvalue weighted by atomic mass is 9.91. The smallest absolute Gasteiger partial charge is 0.253 e. The van der Waals surface area contributed by atoms with Gasteiger partial charge >= 0.3 is 0 Å². The number of benzene rings is 3. The van der Waals surface area contributed by atoms with Crippen LogP contribution in [0.2, 0.25) is 0 Å². The van der Waals surface area contributed by atoms with E-state index in [0.29, 0.717) is 11.4 Å². The van der Waals surface area contributed by atoms with Crippen LogP contribution >= 0.6 is 31.9 Å². The molecule has 4 aromatic carbocycles. The summed E-state index contributed by atoms with van der Waals surface area (Å²) in [6.07, 6.45) is 0. The number of nitrogens with zero attached hydrogens (tertiary/aromatic N) is 1. The summed E-state index contributed by atoms with van der Waals surface area (Å²) in [7, 11) is 4.02. The average molecular weight is 569 g/mol. The molecule has 0 radical (unpaired) electrons. The number of nitrogens with one attached hydrogen (secondary N) is 2. The van der Waals surface area contributed by atoms with Crippen LogP contribution in [-0.2, 0) is 0 Å². The lowest BCUT2D eigenvalue weighted by molar-refractivity contribution is 0.269. The molecule has 7 heteroatoms. The van der Waals surface area contributed by atoms with Gasteiger partial charge in [0, 0.05) is 8.95 Å². The molecule has 0 saturated carbocycles. The topological polar surface area (TPSA) is 61.4 Å². The Hall–Kier alpha value is -2.74. The largest absolute Gasteiger partial charge is 0.371 e. The zero-order chi connectivity index (χ0) is 23.5. The third-order valence-electron chi connectivity index (χ3n) is 5.59. The van der Waals surface area contributed by atoms with Crippen LogP contribution in [-0.4, -0.2) is 19.0 Å². The lowest BCUT2D eigenvalue weighted by Gasteiger charge is -2.35. The van der Waals surface area contributed by atoms with Crippen LogP contribution < -0.4 is 21.5 Å². The Labute approximate surface area is 209 Å². The second kappa shape index (κ2) is 10.0. The molecule has 0 amide bonds. The Bertz CT molecular complexity index is 1300. The van der Waals surface area contributed by atoms with Gasteiger partial charge in [0.1, 0.15) is 11.4 Å². The molecule has 0 aliphatic heterocycles. The first-order valence-corrected chi connectivity index (χ1v) is 12.0. The predicted molar refractivity (Wildman–Crippen MR) is 142 cm³/mol. The van der Waals surface area contributed by atoms with Crippen LogP contribution in [0.4, 0.5) is 17.1 Å². The molecule has 33 heavy (non-hydrogen) atoms. The third-order valence-corrected chi connectivity index (χ3v) is 6.92. The minimum absolute atomic E-state index is 0.0824. The van der Waals surface area contributed by atoms with Crippen molar-refractivity contribution in [2.24, 2.45) is 0 Å². The standard InChI is InChI=1S/C26H23Br2N3O2/c1-31(2)24(17-12-7-4-8-13-17)20(16-10-5-3-6-11-16)29-22-23(26(33)25(22)32)30-21-18(27)14-9-15-19(21)28/h3-15,20,24,29-30H,1-2H3. The van der Waals surface area contributed by atoms with Crippen molar-refractivity contribution in [2.45, 2.75) is 12.1 Å². The fourth-order valence-corrected chi connectivity index (χ4v) is 5.19. The van der Waals surface area contributed by atoms with Gasteiger partial charge in [-0.05, 0) is 69.2 Å². The summed E-state index contributed by atoms with van der Waals surface area (Å²) in [5.41, 5.74) is 2.31. The van der Waals surface area contributed by atoms with Crippen LogP contribution in [0.1, 0.15) is 23.2 Å². The molecular weight excluding hydrogens is 546 g/mol. The zero-order valence-electron chi connectivity index (χ0n) is 18.2.